The molecule has 1 saturated heterocycles. The number of halogens is 2. The molecule has 0 spiro atoms. The SMILES string of the molecule is CC(C)COC(=O)c1ccc(N2C(=O)[C@@H]3[C@H](C2=O)C2(Cl)c4ccccc4C3(Cl)c3ccccc32)cc1. The molecule has 7 heteroatoms. The standard InChI is InChI=1S/C29H23Cl2NO4/c1-16(2)15-36-27(35)17-11-13-18(14-12-17)32-25(33)23-24(26(32)34)29(31)20-8-4-3-7-19(20)28(23,30)21-9-5-6-10-22(21)29/h3-14,16,23-24H,15H2,1-2H3/t23-,24+,28?,29?. The Labute approximate surface area is 219 Å². The van der Waals surface area contributed by atoms with E-state index < -0.39 is 39.4 Å². The molecule has 3 aromatic rings. The van der Waals surface area contributed by atoms with E-state index in [0.717, 1.165) is 22.3 Å². The molecule has 1 aliphatic heterocycles. The Hall–Kier alpha value is -3.15. The minimum Gasteiger partial charge on any atom is -0.462 e. The molecule has 0 saturated carbocycles. The number of amides is 2. The molecule has 36 heavy (non-hydrogen) atoms. The van der Waals surface area contributed by atoms with Crippen molar-refractivity contribution in [2.75, 3.05) is 11.5 Å². The molecule has 3 aliphatic carbocycles. The number of ether oxygens (including phenoxy) is 1. The van der Waals surface area contributed by atoms with E-state index in [-0.39, 0.29) is 5.92 Å². The zero-order valence-electron chi connectivity index (χ0n) is 19.7. The average molecular weight is 520 g/mol. The zero-order valence-corrected chi connectivity index (χ0v) is 21.2. The summed E-state index contributed by atoms with van der Waals surface area (Å²) in [7, 11) is 0. The number of carbonyl (C=O) groups excluding carboxylic acids is 3. The van der Waals surface area contributed by atoms with Gasteiger partial charge in [0.15, 0.2) is 0 Å². The largest absolute Gasteiger partial charge is 0.462 e. The van der Waals surface area contributed by atoms with E-state index in [2.05, 4.69) is 0 Å². The van der Waals surface area contributed by atoms with Gasteiger partial charge >= 0.3 is 5.97 Å². The predicted molar refractivity (Wildman–Crippen MR) is 137 cm³/mol. The Morgan fingerprint density at radius 3 is 1.61 bits per heavy atom. The first kappa shape index (κ1) is 23.3. The molecule has 0 N–H and O–H groups in total. The molecule has 1 heterocycles. The normalized spacial score (nSPS) is 27.6. The Bertz CT molecular complexity index is 1310. The van der Waals surface area contributed by atoms with Crippen LogP contribution in [0.3, 0.4) is 0 Å². The van der Waals surface area contributed by atoms with Crippen LogP contribution in [0, 0.1) is 17.8 Å². The summed E-state index contributed by atoms with van der Waals surface area (Å²) in [6, 6.07) is 21.4. The molecule has 5 nitrogen and oxygen atoms in total. The summed E-state index contributed by atoms with van der Waals surface area (Å²) in [6.45, 7) is 4.22. The Kier molecular flexibility index (Phi) is 5.12. The fourth-order valence-electron chi connectivity index (χ4n) is 5.99. The molecule has 0 aromatic heterocycles. The van der Waals surface area contributed by atoms with Crippen LogP contribution >= 0.6 is 23.2 Å². The molecular formula is C29H23Cl2NO4. The van der Waals surface area contributed by atoms with Gasteiger partial charge in [0, 0.05) is 0 Å². The Morgan fingerprint density at radius 2 is 1.22 bits per heavy atom. The van der Waals surface area contributed by atoms with Crippen LogP contribution in [-0.2, 0) is 24.1 Å². The van der Waals surface area contributed by atoms with Crippen LogP contribution in [0.15, 0.2) is 72.8 Å². The lowest BCUT2D eigenvalue weighted by atomic mass is 9.54. The number of imide groups is 1. The van der Waals surface area contributed by atoms with Gasteiger partial charge in [-0.15, -0.1) is 23.2 Å². The maximum absolute atomic E-state index is 14.0. The lowest BCUT2D eigenvalue weighted by Gasteiger charge is -2.54. The first-order valence-corrected chi connectivity index (χ1v) is 12.7. The molecule has 2 amide bonds. The summed E-state index contributed by atoms with van der Waals surface area (Å²) in [5.74, 6) is -2.78. The van der Waals surface area contributed by atoms with Crippen molar-refractivity contribution < 1.29 is 19.1 Å². The van der Waals surface area contributed by atoms with Crippen LogP contribution in [0.5, 0.6) is 0 Å². The van der Waals surface area contributed by atoms with Gasteiger partial charge in [0.05, 0.1) is 29.7 Å². The molecule has 2 bridgehead atoms. The van der Waals surface area contributed by atoms with Gasteiger partial charge in [-0.2, -0.15) is 0 Å². The topological polar surface area (TPSA) is 63.7 Å². The molecule has 0 unspecified atom stereocenters. The quantitative estimate of drug-likeness (QED) is 0.255. The van der Waals surface area contributed by atoms with Gasteiger partial charge in [-0.05, 0) is 52.4 Å². The van der Waals surface area contributed by atoms with Gasteiger partial charge in [0.2, 0.25) is 11.8 Å². The lowest BCUT2D eigenvalue weighted by molar-refractivity contribution is -0.122. The van der Waals surface area contributed by atoms with Crippen molar-refractivity contribution in [3.8, 4) is 0 Å². The molecule has 182 valence electrons. The van der Waals surface area contributed by atoms with Crippen molar-refractivity contribution in [2.45, 2.75) is 23.6 Å². The third-order valence-electron chi connectivity index (χ3n) is 7.49. The summed E-state index contributed by atoms with van der Waals surface area (Å²) in [4.78, 5) is 39.0. The highest BCUT2D eigenvalue weighted by Crippen LogP contribution is 2.69. The van der Waals surface area contributed by atoms with Crippen molar-refractivity contribution >= 4 is 46.7 Å². The maximum atomic E-state index is 14.0. The van der Waals surface area contributed by atoms with E-state index in [0.29, 0.717) is 17.9 Å². The second kappa shape index (κ2) is 7.92. The number of carbonyl (C=O) groups is 3. The summed E-state index contributed by atoms with van der Waals surface area (Å²) >= 11 is 14.9. The molecule has 3 aromatic carbocycles. The van der Waals surface area contributed by atoms with Gasteiger partial charge in [0.25, 0.3) is 0 Å². The number of nitrogens with zero attached hydrogens (tertiary/aromatic N) is 1. The van der Waals surface area contributed by atoms with Crippen molar-refractivity contribution in [3.05, 3.63) is 101 Å². The van der Waals surface area contributed by atoms with Gasteiger partial charge in [0.1, 0.15) is 9.75 Å². The van der Waals surface area contributed by atoms with Gasteiger partial charge in [-0.25, -0.2) is 9.69 Å². The number of hydrogen-bond acceptors (Lipinski definition) is 4. The van der Waals surface area contributed by atoms with Crippen molar-refractivity contribution in [1.82, 2.24) is 0 Å². The number of rotatable bonds is 4. The first-order valence-electron chi connectivity index (χ1n) is 11.9. The van der Waals surface area contributed by atoms with Gasteiger partial charge < -0.3 is 4.74 Å². The molecular weight excluding hydrogens is 497 g/mol. The summed E-state index contributed by atoms with van der Waals surface area (Å²) in [5, 5.41) is 0. The van der Waals surface area contributed by atoms with Gasteiger partial charge in [-0.1, -0.05) is 62.4 Å². The van der Waals surface area contributed by atoms with Crippen molar-refractivity contribution in [2.24, 2.45) is 17.8 Å². The van der Waals surface area contributed by atoms with Crippen molar-refractivity contribution in [1.29, 1.82) is 0 Å². The monoisotopic (exact) mass is 519 g/mol. The van der Waals surface area contributed by atoms with Gasteiger partial charge in [-0.3, -0.25) is 9.59 Å². The van der Waals surface area contributed by atoms with Crippen LogP contribution in [0.25, 0.3) is 0 Å². The van der Waals surface area contributed by atoms with E-state index in [4.69, 9.17) is 27.9 Å². The number of esters is 1. The Balaban J connectivity index is 1.44. The number of anilines is 1. The number of hydrogen-bond donors (Lipinski definition) is 0. The second-order valence-corrected chi connectivity index (χ2v) is 11.2. The lowest BCUT2D eigenvalue weighted by Crippen LogP contribution is -2.57. The molecule has 4 aliphatic rings. The third-order valence-corrected chi connectivity index (χ3v) is 8.78. The molecule has 1 fully saturated rings. The fourth-order valence-corrected chi connectivity index (χ4v) is 7.09. The molecule has 7 rings (SSSR count). The predicted octanol–water partition coefficient (Wildman–Crippen LogP) is 5.60. The third kappa shape index (κ3) is 2.87. The fraction of sp³-hybridized carbons (Fsp3) is 0.276. The van der Waals surface area contributed by atoms with E-state index in [1.807, 2.05) is 62.4 Å². The Morgan fingerprint density at radius 1 is 0.806 bits per heavy atom. The zero-order chi connectivity index (χ0) is 25.4. The van der Waals surface area contributed by atoms with Crippen molar-refractivity contribution in [3.63, 3.8) is 0 Å². The summed E-state index contributed by atoms with van der Waals surface area (Å²) in [5.41, 5.74) is 3.74. The smallest absolute Gasteiger partial charge is 0.338 e. The minimum atomic E-state index is -1.23. The minimum absolute atomic E-state index is 0.214. The first-order chi connectivity index (χ1) is 17.2. The number of alkyl halides is 2. The molecule has 0 radical (unpaired) electrons. The van der Waals surface area contributed by atoms with Crippen LogP contribution in [0.2, 0.25) is 0 Å². The highest BCUT2D eigenvalue weighted by molar-refractivity contribution is 6.38. The van der Waals surface area contributed by atoms with Crippen LogP contribution in [0.1, 0.15) is 46.5 Å². The van der Waals surface area contributed by atoms with E-state index >= 15 is 0 Å². The second-order valence-electron chi connectivity index (χ2n) is 10.0. The van der Waals surface area contributed by atoms with E-state index in [9.17, 15) is 14.4 Å². The summed E-state index contributed by atoms with van der Waals surface area (Å²) in [6.07, 6.45) is 0. The average Bonchev–Trinajstić information content (AvgIpc) is 3.17. The summed E-state index contributed by atoms with van der Waals surface area (Å²) < 4.78 is 5.29. The van der Waals surface area contributed by atoms with Crippen LogP contribution in [0.4, 0.5) is 5.69 Å². The van der Waals surface area contributed by atoms with Crippen LogP contribution in [-0.4, -0.2) is 24.4 Å². The van der Waals surface area contributed by atoms with E-state index in [1.54, 1.807) is 24.3 Å². The van der Waals surface area contributed by atoms with Crippen LogP contribution < -0.4 is 4.90 Å². The van der Waals surface area contributed by atoms with E-state index in [1.165, 1.54) is 4.90 Å². The highest BCUT2D eigenvalue weighted by atomic mass is 35.5. The number of benzene rings is 3. The highest BCUT2D eigenvalue weighted by Gasteiger charge is 2.73. The maximum Gasteiger partial charge on any atom is 0.338 e. The molecule has 2 atom stereocenters.